The van der Waals surface area contributed by atoms with Gasteiger partial charge in [0.15, 0.2) is 11.6 Å². The zero-order valence-electron chi connectivity index (χ0n) is 14.5. The molecule has 0 aliphatic carbocycles. The topological polar surface area (TPSA) is 66.8 Å². The van der Waals surface area contributed by atoms with Crippen molar-refractivity contribution in [3.63, 3.8) is 0 Å². The summed E-state index contributed by atoms with van der Waals surface area (Å²) >= 11 is 0. The van der Waals surface area contributed by atoms with Crippen LogP contribution in [0.3, 0.4) is 0 Å². The number of pyridine rings is 2. The van der Waals surface area contributed by atoms with Crippen LogP contribution < -0.4 is 0 Å². The van der Waals surface area contributed by atoms with E-state index in [0.29, 0.717) is 23.5 Å². The van der Waals surface area contributed by atoms with Gasteiger partial charge in [0.2, 0.25) is 0 Å². The lowest BCUT2D eigenvalue weighted by Gasteiger charge is -2.09. The Balaban J connectivity index is 1.56. The number of hydrogen-bond acceptors (Lipinski definition) is 4. The van der Waals surface area contributed by atoms with Crippen LogP contribution in [0, 0.1) is 11.6 Å². The largest absolute Gasteiger partial charge is 0.285 e. The van der Waals surface area contributed by atoms with E-state index in [1.807, 2.05) is 24.3 Å². The first kappa shape index (κ1) is 16.4. The minimum absolute atomic E-state index is 0.469. The zero-order valence-corrected chi connectivity index (χ0v) is 14.5. The van der Waals surface area contributed by atoms with Crippen LogP contribution >= 0.6 is 0 Å². The highest BCUT2D eigenvalue weighted by molar-refractivity contribution is 6.32. The van der Waals surface area contributed by atoms with Gasteiger partial charge >= 0.3 is 0 Å². The molecule has 4 aromatic rings. The molecule has 1 N–H and O–H groups in total. The highest BCUT2D eigenvalue weighted by atomic mass is 19.2. The second-order valence-electron chi connectivity index (χ2n) is 6.38. The smallest absolute Gasteiger partial charge is 0.159 e. The fraction of sp³-hybridized carbons (Fsp3) is 0.0476. The minimum atomic E-state index is -0.896. The fourth-order valence-corrected chi connectivity index (χ4v) is 3.25. The molecule has 0 spiro atoms. The Morgan fingerprint density at radius 3 is 2.61 bits per heavy atom. The summed E-state index contributed by atoms with van der Waals surface area (Å²) in [4.78, 5) is 13.6. The molecular formula is C21H13F2N5. The molecule has 5 rings (SSSR count). The van der Waals surface area contributed by atoms with Gasteiger partial charge in [-0.1, -0.05) is 6.08 Å². The average Bonchev–Trinajstić information content (AvgIpc) is 3.41. The quantitative estimate of drug-likeness (QED) is 0.586. The van der Waals surface area contributed by atoms with Gasteiger partial charge in [-0.3, -0.25) is 15.1 Å². The van der Waals surface area contributed by atoms with Crippen molar-refractivity contribution < 1.29 is 8.78 Å². The van der Waals surface area contributed by atoms with Crippen molar-refractivity contribution in [2.75, 3.05) is 6.54 Å². The number of fused-ring (bicyclic) bond motifs is 1. The number of aromatic amines is 1. The number of H-pyrrole nitrogens is 1. The van der Waals surface area contributed by atoms with E-state index in [2.05, 4.69) is 20.2 Å². The maximum Gasteiger partial charge on any atom is 0.159 e. The van der Waals surface area contributed by atoms with Crippen LogP contribution in [0.2, 0.25) is 0 Å². The molecule has 0 amide bonds. The first-order valence-corrected chi connectivity index (χ1v) is 8.66. The van der Waals surface area contributed by atoms with Crippen LogP contribution in [-0.2, 0) is 0 Å². The SMILES string of the molecule is Fc1ccc(C2=NCC=C2c2ccc3ncc(-c4cn[nH]c4)cc3n2)cc1F. The lowest BCUT2D eigenvalue weighted by molar-refractivity contribution is 0.508. The molecule has 0 fully saturated rings. The first-order chi connectivity index (χ1) is 13.7. The van der Waals surface area contributed by atoms with E-state index in [1.54, 1.807) is 18.6 Å². The molecule has 4 heterocycles. The molecule has 136 valence electrons. The Morgan fingerprint density at radius 2 is 1.79 bits per heavy atom. The van der Waals surface area contributed by atoms with Gasteiger partial charge in [-0.25, -0.2) is 13.8 Å². The Bertz CT molecular complexity index is 1260. The van der Waals surface area contributed by atoms with Crippen molar-refractivity contribution in [2.24, 2.45) is 4.99 Å². The molecule has 0 radical (unpaired) electrons. The molecule has 3 aromatic heterocycles. The molecular weight excluding hydrogens is 360 g/mol. The lowest BCUT2D eigenvalue weighted by Crippen LogP contribution is -2.04. The van der Waals surface area contributed by atoms with Crippen molar-refractivity contribution >= 4 is 22.3 Å². The van der Waals surface area contributed by atoms with Crippen molar-refractivity contribution in [3.8, 4) is 11.1 Å². The summed E-state index contributed by atoms with van der Waals surface area (Å²) in [6, 6.07) is 9.49. The number of rotatable bonds is 3. The Hall–Kier alpha value is -3.74. The van der Waals surface area contributed by atoms with E-state index in [4.69, 9.17) is 4.98 Å². The molecule has 28 heavy (non-hydrogen) atoms. The van der Waals surface area contributed by atoms with E-state index in [9.17, 15) is 8.78 Å². The fourth-order valence-electron chi connectivity index (χ4n) is 3.25. The Morgan fingerprint density at radius 1 is 0.857 bits per heavy atom. The molecule has 1 aliphatic heterocycles. The second-order valence-corrected chi connectivity index (χ2v) is 6.38. The van der Waals surface area contributed by atoms with E-state index in [-0.39, 0.29) is 0 Å². The summed E-state index contributed by atoms with van der Waals surface area (Å²) in [5.74, 6) is -1.78. The number of aliphatic imine (C=N–C) groups is 1. The molecule has 0 bridgehead atoms. The third kappa shape index (κ3) is 2.77. The van der Waals surface area contributed by atoms with Gasteiger partial charge < -0.3 is 0 Å². The number of nitrogens with zero attached hydrogens (tertiary/aromatic N) is 4. The van der Waals surface area contributed by atoms with Gasteiger partial charge in [-0.2, -0.15) is 5.10 Å². The first-order valence-electron chi connectivity index (χ1n) is 8.66. The van der Waals surface area contributed by atoms with Gasteiger partial charge in [0.1, 0.15) is 0 Å². The maximum atomic E-state index is 13.7. The molecule has 1 aromatic carbocycles. The minimum Gasteiger partial charge on any atom is -0.285 e. The van der Waals surface area contributed by atoms with Crippen LogP contribution in [0.4, 0.5) is 8.78 Å². The third-order valence-corrected chi connectivity index (χ3v) is 4.64. The Kier molecular flexibility index (Phi) is 3.79. The summed E-state index contributed by atoms with van der Waals surface area (Å²) in [5.41, 5.74) is 5.95. The van der Waals surface area contributed by atoms with Crippen LogP contribution in [0.25, 0.3) is 27.7 Å². The molecule has 0 atom stereocenters. The number of aromatic nitrogens is 4. The highest BCUT2D eigenvalue weighted by Crippen LogP contribution is 2.27. The average molecular weight is 373 g/mol. The summed E-state index contributed by atoms with van der Waals surface area (Å²) in [5, 5.41) is 6.75. The van der Waals surface area contributed by atoms with Gasteiger partial charge in [0.25, 0.3) is 0 Å². The normalized spacial score (nSPS) is 13.6. The van der Waals surface area contributed by atoms with Crippen LogP contribution in [0.15, 0.2) is 66.1 Å². The van der Waals surface area contributed by atoms with E-state index in [0.717, 1.165) is 39.9 Å². The molecule has 1 aliphatic rings. The van der Waals surface area contributed by atoms with E-state index in [1.165, 1.54) is 6.07 Å². The van der Waals surface area contributed by atoms with Gasteiger partial charge in [-0.15, -0.1) is 0 Å². The van der Waals surface area contributed by atoms with Gasteiger partial charge in [0, 0.05) is 34.7 Å². The van der Waals surface area contributed by atoms with Crippen molar-refractivity contribution in [3.05, 3.63) is 84.0 Å². The molecule has 0 saturated heterocycles. The summed E-state index contributed by atoms with van der Waals surface area (Å²) < 4.78 is 26.9. The molecule has 0 saturated carbocycles. The number of benzene rings is 1. The molecule has 5 nitrogen and oxygen atoms in total. The number of nitrogens with one attached hydrogen (secondary N) is 1. The van der Waals surface area contributed by atoms with Crippen molar-refractivity contribution in [2.45, 2.75) is 0 Å². The van der Waals surface area contributed by atoms with Crippen LogP contribution in [0.5, 0.6) is 0 Å². The third-order valence-electron chi connectivity index (χ3n) is 4.64. The summed E-state index contributed by atoms with van der Waals surface area (Å²) in [7, 11) is 0. The summed E-state index contributed by atoms with van der Waals surface area (Å²) in [6.07, 6.45) is 7.22. The maximum absolute atomic E-state index is 13.7. The second kappa shape index (κ2) is 6.45. The van der Waals surface area contributed by atoms with Gasteiger partial charge in [-0.05, 0) is 36.4 Å². The predicted octanol–water partition coefficient (Wildman–Crippen LogP) is 4.18. The van der Waals surface area contributed by atoms with Crippen molar-refractivity contribution in [1.82, 2.24) is 20.2 Å². The number of hydrogen-bond donors (Lipinski definition) is 1. The monoisotopic (exact) mass is 373 g/mol. The zero-order chi connectivity index (χ0) is 19.1. The highest BCUT2D eigenvalue weighted by Gasteiger charge is 2.19. The molecule has 0 unspecified atom stereocenters. The standard InChI is InChI=1S/C21H13F2N5/c22-16-2-1-12(7-17(16)23)21-15(5-6-24-21)18-3-4-19-20(28-18)8-13(9-25-19)14-10-26-27-11-14/h1-5,7-11H,6H2,(H,26,27). The predicted molar refractivity (Wildman–Crippen MR) is 103 cm³/mol. The summed E-state index contributed by atoms with van der Waals surface area (Å²) in [6.45, 7) is 0.469. The van der Waals surface area contributed by atoms with Gasteiger partial charge in [0.05, 0.1) is 35.2 Å². The van der Waals surface area contributed by atoms with Crippen LogP contribution in [-0.4, -0.2) is 32.4 Å². The van der Waals surface area contributed by atoms with Crippen molar-refractivity contribution in [1.29, 1.82) is 0 Å². The van der Waals surface area contributed by atoms with E-state index < -0.39 is 11.6 Å². The number of allylic oxidation sites excluding steroid dienone is 1. The van der Waals surface area contributed by atoms with E-state index >= 15 is 0 Å². The Labute approximate surface area is 158 Å². The lowest BCUT2D eigenvalue weighted by atomic mass is 10.00. The molecule has 7 heteroatoms. The van der Waals surface area contributed by atoms with Crippen LogP contribution in [0.1, 0.15) is 11.3 Å². The number of halogens is 2.